The molecule has 0 N–H and O–H groups in total. The van der Waals surface area contributed by atoms with Crippen LogP contribution in [0.15, 0.2) is 154 Å². The molecule has 0 aliphatic heterocycles. The van der Waals surface area contributed by atoms with E-state index in [-0.39, 0.29) is 0 Å². The molecular weight excluding hydrogens is 645 g/mol. The largest absolute Gasteiger partial charge is 0.456 e. The number of furan rings is 2. The second-order valence-corrected chi connectivity index (χ2v) is 14.1. The maximum absolute atomic E-state index is 5.79. The minimum Gasteiger partial charge on any atom is -0.456 e. The molecule has 0 unspecified atom stereocenters. The van der Waals surface area contributed by atoms with Crippen molar-refractivity contribution in [2.24, 2.45) is 0 Å². The quantitative estimate of drug-likeness (QED) is 0.179. The molecule has 0 aliphatic rings. The molecule has 2 heteroatoms. The molecule has 0 amide bonds. The fraction of sp³-hybridized carbons (Fsp3) is 0.176. The molecule has 7 aromatic carbocycles. The normalized spacial score (nSPS) is 11.1. The average Bonchev–Trinajstić information content (AvgIpc) is 3.74. The van der Waals surface area contributed by atoms with E-state index in [1.54, 1.807) is 0 Å². The lowest BCUT2D eigenvalue weighted by molar-refractivity contribution is 0.668. The molecule has 9 aromatic rings. The van der Waals surface area contributed by atoms with E-state index in [4.69, 9.17) is 8.83 Å². The third-order valence-electron chi connectivity index (χ3n) is 10.2. The molecule has 0 atom stereocenters. The predicted octanol–water partition coefficient (Wildman–Crippen LogP) is 14.9. The summed E-state index contributed by atoms with van der Waals surface area (Å²) in [5, 5.41) is 4.86. The lowest BCUT2D eigenvalue weighted by atomic mass is 9.88. The molecular formula is C51H48O2. The summed E-state index contributed by atoms with van der Waals surface area (Å²) in [7, 11) is 0. The predicted molar refractivity (Wildman–Crippen MR) is 227 cm³/mol. The van der Waals surface area contributed by atoms with Gasteiger partial charge in [-0.2, -0.15) is 0 Å². The van der Waals surface area contributed by atoms with Gasteiger partial charge in [0.15, 0.2) is 0 Å². The van der Waals surface area contributed by atoms with Gasteiger partial charge >= 0.3 is 0 Å². The van der Waals surface area contributed by atoms with E-state index in [1.807, 2.05) is 36.4 Å². The first kappa shape index (κ1) is 35.5. The van der Waals surface area contributed by atoms with Crippen molar-refractivity contribution in [3.63, 3.8) is 0 Å². The highest BCUT2D eigenvalue weighted by molar-refractivity contribution is 6.05. The monoisotopic (exact) mass is 692 g/mol. The van der Waals surface area contributed by atoms with Gasteiger partial charge in [-0.15, -0.1) is 0 Å². The van der Waals surface area contributed by atoms with Crippen LogP contribution in [0.25, 0.3) is 66.1 Å². The van der Waals surface area contributed by atoms with Crippen molar-refractivity contribution < 1.29 is 8.83 Å². The maximum atomic E-state index is 5.79. The lowest BCUT2D eigenvalue weighted by Gasteiger charge is -2.16. The molecule has 53 heavy (non-hydrogen) atoms. The van der Waals surface area contributed by atoms with Crippen LogP contribution in [0.5, 0.6) is 0 Å². The first-order valence-electron chi connectivity index (χ1n) is 18.9. The number of aryl methyl sites for hydroxylation is 6. The van der Waals surface area contributed by atoms with Crippen molar-refractivity contribution in [2.45, 2.75) is 60.8 Å². The van der Waals surface area contributed by atoms with E-state index in [9.17, 15) is 0 Å². The van der Waals surface area contributed by atoms with Crippen molar-refractivity contribution in [1.29, 1.82) is 0 Å². The van der Waals surface area contributed by atoms with Gasteiger partial charge < -0.3 is 8.83 Å². The highest BCUT2D eigenvalue weighted by Crippen LogP contribution is 2.35. The number of para-hydroxylation sites is 2. The van der Waals surface area contributed by atoms with Gasteiger partial charge in [-0.05, 0) is 127 Å². The number of hydrogen-bond donors (Lipinski definition) is 0. The van der Waals surface area contributed by atoms with Crippen molar-refractivity contribution >= 4 is 43.9 Å². The van der Waals surface area contributed by atoms with Gasteiger partial charge in [0.1, 0.15) is 22.3 Å². The number of hydrogen-bond acceptors (Lipinski definition) is 2. The molecule has 0 saturated carbocycles. The van der Waals surface area contributed by atoms with E-state index in [0.29, 0.717) is 0 Å². The maximum Gasteiger partial charge on any atom is 0.135 e. The lowest BCUT2D eigenvalue weighted by Crippen LogP contribution is -1.94. The van der Waals surface area contributed by atoms with Crippen molar-refractivity contribution in [2.75, 3.05) is 0 Å². The summed E-state index contributed by atoms with van der Waals surface area (Å²) in [4.78, 5) is 0. The van der Waals surface area contributed by atoms with Gasteiger partial charge in [-0.3, -0.25) is 0 Å². The van der Waals surface area contributed by atoms with E-state index in [0.717, 1.165) is 35.2 Å². The summed E-state index contributed by atoms with van der Waals surface area (Å²) in [6.07, 6.45) is 3.38. The number of benzene rings is 7. The second-order valence-electron chi connectivity index (χ2n) is 14.1. The zero-order valence-corrected chi connectivity index (χ0v) is 31.8. The molecule has 0 bridgehead atoms. The zero-order chi connectivity index (χ0) is 36.9. The Hall–Kier alpha value is -5.86. The first-order chi connectivity index (χ1) is 25.8. The van der Waals surface area contributed by atoms with Gasteiger partial charge in [0, 0.05) is 21.5 Å². The molecule has 0 fully saturated rings. The van der Waals surface area contributed by atoms with Gasteiger partial charge in [0.25, 0.3) is 0 Å². The summed E-state index contributed by atoms with van der Waals surface area (Å²) in [5.41, 5.74) is 17.4. The van der Waals surface area contributed by atoms with Crippen LogP contribution in [0.2, 0.25) is 0 Å². The molecule has 2 heterocycles. The van der Waals surface area contributed by atoms with Crippen LogP contribution in [0.4, 0.5) is 0 Å². The van der Waals surface area contributed by atoms with E-state index in [2.05, 4.69) is 151 Å². The van der Waals surface area contributed by atoms with Gasteiger partial charge in [-0.1, -0.05) is 135 Å². The molecule has 0 radical (unpaired) electrons. The summed E-state index contributed by atoms with van der Waals surface area (Å²) >= 11 is 0. The molecule has 264 valence electrons. The Morgan fingerprint density at radius 3 is 1.53 bits per heavy atom. The topological polar surface area (TPSA) is 26.3 Å². The standard InChI is InChI=1S/C23H24.C15H14O.C13H10O/c1-5-19-11-7-9-13-21(19)23-15-17(3)22(14-18(23)4)20-12-8-6-10-16(20)2;1-2-5-11-8-9-15-13(10-11)12-6-3-4-7-14(12)16-15;1-9-6-7-13-11(8-9)10-4-2-3-5-12(10)14-13/h6-15H,5H2,1-4H3;3-4,6-10H,2,5H2,1H3;2-8H,1H3. The van der Waals surface area contributed by atoms with Crippen LogP contribution < -0.4 is 0 Å². The smallest absolute Gasteiger partial charge is 0.135 e. The number of rotatable bonds is 5. The Balaban J connectivity index is 0.000000128. The molecule has 0 aliphatic carbocycles. The molecule has 9 rings (SSSR count). The third kappa shape index (κ3) is 7.55. The van der Waals surface area contributed by atoms with Crippen LogP contribution in [-0.4, -0.2) is 0 Å². The van der Waals surface area contributed by atoms with E-state index >= 15 is 0 Å². The third-order valence-corrected chi connectivity index (χ3v) is 10.2. The second kappa shape index (κ2) is 15.8. The Morgan fingerprint density at radius 1 is 0.396 bits per heavy atom. The number of fused-ring (bicyclic) bond motifs is 6. The SMILES string of the molecule is CCCc1ccc2oc3ccccc3c2c1.CCc1ccccc1-c1cc(C)c(-c2ccccc2C)cc1C.Cc1ccc2oc3ccccc3c2c1. The zero-order valence-electron chi connectivity index (χ0n) is 31.8. The fourth-order valence-corrected chi connectivity index (χ4v) is 7.42. The van der Waals surface area contributed by atoms with Crippen molar-refractivity contribution in [1.82, 2.24) is 0 Å². The van der Waals surface area contributed by atoms with E-state index in [1.165, 1.54) is 83.6 Å². The highest BCUT2D eigenvalue weighted by Gasteiger charge is 2.12. The Bertz CT molecular complexity index is 2670. The Kier molecular flexibility index (Phi) is 10.6. The van der Waals surface area contributed by atoms with Crippen LogP contribution in [0.3, 0.4) is 0 Å². The first-order valence-corrected chi connectivity index (χ1v) is 18.9. The summed E-state index contributed by atoms with van der Waals surface area (Å²) in [6.45, 7) is 13.2. The molecule has 0 saturated heterocycles. The average molecular weight is 693 g/mol. The van der Waals surface area contributed by atoms with Crippen molar-refractivity contribution in [3.05, 3.63) is 179 Å². The molecule has 2 aromatic heterocycles. The summed E-state index contributed by atoms with van der Waals surface area (Å²) in [6, 6.07) is 51.2. The minimum atomic E-state index is 0.966. The van der Waals surface area contributed by atoms with Gasteiger partial charge in [0.2, 0.25) is 0 Å². The van der Waals surface area contributed by atoms with Crippen LogP contribution in [0.1, 0.15) is 53.6 Å². The van der Waals surface area contributed by atoms with E-state index < -0.39 is 0 Å². The van der Waals surface area contributed by atoms with Gasteiger partial charge in [0.05, 0.1) is 0 Å². The van der Waals surface area contributed by atoms with Crippen LogP contribution >= 0.6 is 0 Å². The fourth-order valence-electron chi connectivity index (χ4n) is 7.42. The minimum absolute atomic E-state index is 0.966. The summed E-state index contributed by atoms with van der Waals surface area (Å²) in [5.74, 6) is 0. The molecule has 2 nitrogen and oxygen atoms in total. The van der Waals surface area contributed by atoms with Gasteiger partial charge in [-0.25, -0.2) is 0 Å². The molecule has 0 spiro atoms. The highest BCUT2D eigenvalue weighted by atomic mass is 16.3. The summed E-state index contributed by atoms with van der Waals surface area (Å²) < 4.78 is 11.5. The van der Waals surface area contributed by atoms with Crippen LogP contribution in [0, 0.1) is 27.7 Å². The van der Waals surface area contributed by atoms with Crippen LogP contribution in [-0.2, 0) is 12.8 Å². The van der Waals surface area contributed by atoms with Crippen molar-refractivity contribution in [3.8, 4) is 22.3 Å². The Labute approximate surface area is 313 Å². The Morgan fingerprint density at radius 2 is 0.906 bits per heavy atom.